The third-order valence-corrected chi connectivity index (χ3v) is 4.17. The molecule has 3 aromatic rings. The van der Waals surface area contributed by atoms with E-state index in [1.54, 1.807) is 19.2 Å². The SMILES string of the molecule is COc1ccccc1NC(=O)Cn1c(C(C)NC(C)=O)nc2ccccc21. The molecule has 0 spiro atoms. The molecular weight excluding hydrogens is 344 g/mol. The quantitative estimate of drug-likeness (QED) is 0.702. The van der Waals surface area contributed by atoms with E-state index < -0.39 is 0 Å². The number of amides is 2. The summed E-state index contributed by atoms with van der Waals surface area (Å²) >= 11 is 0. The first-order chi connectivity index (χ1) is 13.0. The molecule has 0 aliphatic carbocycles. The van der Waals surface area contributed by atoms with Crippen LogP contribution in [-0.2, 0) is 16.1 Å². The van der Waals surface area contributed by atoms with E-state index in [1.165, 1.54) is 6.92 Å². The van der Waals surface area contributed by atoms with Gasteiger partial charge in [0.15, 0.2) is 0 Å². The highest BCUT2D eigenvalue weighted by Gasteiger charge is 2.19. The average molecular weight is 366 g/mol. The second kappa shape index (κ2) is 7.90. The van der Waals surface area contributed by atoms with E-state index in [-0.39, 0.29) is 24.4 Å². The van der Waals surface area contributed by atoms with Gasteiger partial charge in [0.05, 0.1) is 29.9 Å². The second-order valence-corrected chi connectivity index (χ2v) is 6.22. The fraction of sp³-hybridized carbons (Fsp3) is 0.250. The third-order valence-electron chi connectivity index (χ3n) is 4.17. The van der Waals surface area contributed by atoms with Gasteiger partial charge < -0.3 is 19.9 Å². The molecule has 7 nitrogen and oxygen atoms in total. The topological polar surface area (TPSA) is 85.2 Å². The van der Waals surface area contributed by atoms with Crippen molar-refractivity contribution in [2.75, 3.05) is 12.4 Å². The number of ether oxygens (including phenoxy) is 1. The van der Waals surface area contributed by atoms with Gasteiger partial charge in [0, 0.05) is 6.92 Å². The van der Waals surface area contributed by atoms with Crippen LogP contribution in [0.25, 0.3) is 11.0 Å². The van der Waals surface area contributed by atoms with E-state index in [2.05, 4.69) is 15.6 Å². The summed E-state index contributed by atoms with van der Waals surface area (Å²) < 4.78 is 7.10. The fourth-order valence-electron chi connectivity index (χ4n) is 3.04. The minimum Gasteiger partial charge on any atom is -0.495 e. The predicted molar refractivity (Wildman–Crippen MR) is 104 cm³/mol. The molecule has 0 saturated carbocycles. The number of aromatic nitrogens is 2. The molecule has 1 atom stereocenters. The minimum atomic E-state index is -0.325. The van der Waals surface area contributed by atoms with Gasteiger partial charge in [-0.05, 0) is 31.2 Å². The monoisotopic (exact) mass is 366 g/mol. The number of benzene rings is 2. The van der Waals surface area contributed by atoms with Crippen molar-refractivity contribution < 1.29 is 14.3 Å². The first-order valence-electron chi connectivity index (χ1n) is 8.64. The van der Waals surface area contributed by atoms with Crippen LogP contribution in [0, 0.1) is 0 Å². The molecule has 0 aliphatic rings. The summed E-state index contributed by atoms with van der Waals surface area (Å²) in [6, 6.07) is 14.5. The number of imidazole rings is 1. The second-order valence-electron chi connectivity index (χ2n) is 6.22. The molecule has 2 amide bonds. The summed E-state index contributed by atoms with van der Waals surface area (Å²) in [7, 11) is 1.56. The highest BCUT2D eigenvalue weighted by Crippen LogP contribution is 2.24. The van der Waals surface area contributed by atoms with Gasteiger partial charge in [0.2, 0.25) is 11.8 Å². The highest BCUT2D eigenvalue weighted by molar-refractivity contribution is 5.93. The molecule has 0 fully saturated rings. The van der Waals surface area contributed by atoms with Crippen LogP contribution in [0.5, 0.6) is 5.75 Å². The van der Waals surface area contributed by atoms with Crippen molar-refractivity contribution in [2.45, 2.75) is 26.4 Å². The summed E-state index contributed by atoms with van der Waals surface area (Å²) in [6.07, 6.45) is 0. The van der Waals surface area contributed by atoms with Crippen LogP contribution < -0.4 is 15.4 Å². The number of hydrogen-bond donors (Lipinski definition) is 2. The molecule has 140 valence electrons. The molecule has 0 aliphatic heterocycles. The van der Waals surface area contributed by atoms with Crippen molar-refractivity contribution in [1.82, 2.24) is 14.9 Å². The van der Waals surface area contributed by atoms with Crippen LogP contribution in [0.1, 0.15) is 25.7 Å². The number of rotatable bonds is 6. The van der Waals surface area contributed by atoms with Gasteiger partial charge in [0.1, 0.15) is 18.1 Å². The van der Waals surface area contributed by atoms with Crippen molar-refractivity contribution in [1.29, 1.82) is 0 Å². The Morgan fingerprint density at radius 1 is 1.15 bits per heavy atom. The number of para-hydroxylation sites is 4. The Kier molecular flexibility index (Phi) is 5.40. The maximum Gasteiger partial charge on any atom is 0.244 e. The summed E-state index contributed by atoms with van der Waals surface area (Å²) in [5.74, 6) is 0.855. The molecule has 1 heterocycles. The molecule has 0 saturated heterocycles. The molecule has 1 unspecified atom stereocenters. The molecular formula is C20H22N4O3. The lowest BCUT2D eigenvalue weighted by Gasteiger charge is -2.16. The van der Waals surface area contributed by atoms with Crippen LogP contribution in [0.2, 0.25) is 0 Å². The first kappa shape index (κ1) is 18.4. The third kappa shape index (κ3) is 4.08. The Labute approximate surface area is 157 Å². The zero-order valence-electron chi connectivity index (χ0n) is 15.5. The van der Waals surface area contributed by atoms with Crippen LogP contribution in [0.15, 0.2) is 48.5 Å². The van der Waals surface area contributed by atoms with E-state index in [0.717, 1.165) is 11.0 Å². The van der Waals surface area contributed by atoms with Crippen molar-refractivity contribution in [3.8, 4) is 5.75 Å². The molecule has 7 heteroatoms. The maximum atomic E-state index is 12.7. The molecule has 0 radical (unpaired) electrons. The number of fused-ring (bicyclic) bond motifs is 1. The van der Waals surface area contributed by atoms with Crippen molar-refractivity contribution in [3.63, 3.8) is 0 Å². The lowest BCUT2D eigenvalue weighted by Crippen LogP contribution is -2.28. The Morgan fingerprint density at radius 2 is 1.85 bits per heavy atom. The van der Waals surface area contributed by atoms with E-state index in [9.17, 15) is 9.59 Å². The summed E-state index contributed by atoms with van der Waals surface area (Å²) in [6.45, 7) is 3.37. The average Bonchev–Trinajstić information content (AvgIpc) is 3.00. The van der Waals surface area contributed by atoms with Gasteiger partial charge in [-0.2, -0.15) is 0 Å². The molecule has 1 aromatic heterocycles. The van der Waals surface area contributed by atoms with Crippen LogP contribution >= 0.6 is 0 Å². The normalized spacial score (nSPS) is 11.8. The predicted octanol–water partition coefficient (Wildman–Crippen LogP) is 2.88. The Balaban J connectivity index is 1.90. The van der Waals surface area contributed by atoms with Crippen molar-refractivity contribution in [3.05, 3.63) is 54.4 Å². The number of methoxy groups -OCH3 is 1. The molecule has 2 aromatic carbocycles. The Hall–Kier alpha value is -3.35. The van der Waals surface area contributed by atoms with Gasteiger partial charge in [-0.3, -0.25) is 9.59 Å². The van der Waals surface area contributed by atoms with Gasteiger partial charge in [0.25, 0.3) is 0 Å². The number of nitrogens with one attached hydrogen (secondary N) is 2. The van der Waals surface area contributed by atoms with Crippen molar-refractivity contribution >= 4 is 28.5 Å². The number of carbonyl (C=O) groups is 2. The molecule has 3 rings (SSSR count). The summed E-state index contributed by atoms with van der Waals surface area (Å²) in [5, 5.41) is 5.70. The highest BCUT2D eigenvalue weighted by atomic mass is 16.5. The van der Waals surface area contributed by atoms with E-state index in [1.807, 2.05) is 47.9 Å². The number of hydrogen-bond acceptors (Lipinski definition) is 4. The van der Waals surface area contributed by atoms with Crippen LogP contribution in [0.4, 0.5) is 5.69 Å². The largest absolute Gasteiger partial charge is 0.495 e. The smallest absolute Gasteiger partial charge is 0.244 e. The standard InChI is InChI=1S/C20H22N4O3/c1-13(21-14(2)25)20-23-15-8-4-6-10-17(15)24(20)12-19(26)22-16-9-5-7-11-18(16)27-3/h4-11,13H,12H2,1-3H3,(H,21,25)(H,22,26). The zero-order valence-corrected chi connectivity index (χ0v) is 15.5. The van der Waals surface area contributed by atoms with Gasteiger partial charge >= 0.3 is 0 Å². The Morgan fingerprint density at radius 3 is 2.59 bits per heavy atom. The summed E-state index contributed by atoms with van der Waals surface area (Å²) in [5.41, 5.74) is 2.21. The summed E-state index contributed by atoms with van der Waals surface area (Å²) in [4.78, 5) is 28.7. The number of carbonyl (C=O) groups excluding carboxylic acids is 2. The van der Waals surface area contributed by atoms with Gasteiger partial charge in [-0.15, -0.1) is 0 Å². The van der Waals surface area contributed by atoms with E-state index in [4.69, 9.17) is 4.74 Å². The Bertz CT molecular complexity index is 980. The van der Waals surface area contributed by atoms with Gasteiger partial charge in [-0.25, -0.2) is 4.98 Å². The lowest BCUT2D eigenvalue weighted by molar-refractivity contribution is -0.119. The van der Waals surface area contributed by atoms with Gasteiger partial charge in [-0.1, -0.05) is 24.3 Å². The van der Waals surface area contributed by atoms with Crippen LogP contribution in [-0.4, -0.2) is 28.5 Å². The first-order valence-corrected chi connectivity index (χ1v) is 8.64. The van der Waals surface area contributed by atoms with Crippen LogP contribution in [0.3, 0.4) is 0 Å². The lowest BCUT2D eigenvalue weighted by atomic mass is 10.2. The number of anilines is 1. The van der Waals surface area contributed by atoms with E-state index in [0.29, 0.717) is 17.3 Å². The molecule has 2 N–H and O–H groups in total. The number of nitrogens with zero attached hydrogens (tertiary/aromatic N) is 2. The minimum absolute atomic E-state index is 0.0673. The van der Waals surface area contributed by atoms with Crippen molar-refractivity contribution in [2.24, 2.45) is 0 Å². The maximum absolute atomic E-state index is 12.7. The zero-order chi connectivity index (χ0) is 19.4. The molecule has 27 heavy (non-hydrogen) atoms. The van der Waals surface area contributed by atoms with E-state index >= 15 is 0 Å². The fourth-order valence-corrected chi connectivity index (χ4v) is 3.04. The molecule has 0 bridgehead atoms.